The summed E-state index contributed by atoms with van der Waals surface area (Å²) in [5.74, 6) is -0.140. The van der Waals surface area contributed by atoms with Gasteiger partial charge in [0.1, 0.15) is 0 Å². The second-order valence-corrected chi connectivity index (χ2v) is 8.62. The van der Waals surface area contributed by atoms with Gasteiger partial charge >= 0.3 is 0 Å². The number of rotatable bonds is 3. The van der Waals surface area contributed by atoms with Crippen molar-refractivity contribution in [2.24, 2.45) is 0 Å². The summed E-state index contributed by atoms with van der Waals surface area (Å²) in [5.41, 5.74) is 5.56. The topological polar surface area (TPSA) is 53.2 Å². The molecule has 1 unspecified atom stereocenters. The number of thiocarbonyl (C=S) groups is 1. The lowest BCUT2D eigenvalue weighted by molar-refractivity contribution is -0.113. The molecule has 0 spiro atoms. The summed E-state index contributed by atoms with van der Waals surface area (Å²) in [4.78, 5) is 13.2. The first-order chi connectivity index (χ1) is 13.2. The molecule has 0 saturated heterocycles. The molecule has 1 amide bonds. The van der Waals surface area contributed by atoms with E-state index in [2.05, 4.69) is 61.0 Å². The number of nitrogens with one attached hydrogen (secondary N) is 3. The maximum Gasteiger partial charge on any atom is 0.255 e. The predicted molar refractivity (Wildman–Crippen MR) is 119 cm³/mol. The fourth-order valence-corrected chi connectivity index (χ4v) is 3.59. The van der Waals surface area contributed by atoms with Gasteiger partial charge in [0.15, 0.2) is 5.11 Å². The number of anilines is 1. The fraction of sp³-hybridized carbons (Fsp3) is 0.304. The molecule has 1 aliphatic heterocycles. The van der Waals surface area contributed by atoms with E-state index in [1.54, 1.807) is 0 Å². The van der Waals surface area contributed by atoms with Crippen LogP contribution in [0.25, 0.3) is 0 Å². The molecule has 1 aliphatic rings. The third kappa shape index (κ3) is 4.25. The van der Waals surface area contributed by atoms with Gasteiger partial charge in [-0.2, -0.15) is 0 Å². The molecule has 5 heteroatoms. The van der Waals surface area contributed by atoms with Gasteiger partial charge in [0.25, 0.3) is 5.91 Å². The molecule has 0 radical (unpaired) electrons. The minimum atomic E-state index is -0.299. The molecular formula is C23H27N3OS. The van der Waals surface area contributed by atoms with Crippen LogP contribution >= 0.6 is 12.2 Å². The van der Waals surface area contributed by atoms with E-state index in [-0.39, 0.29) is 17.4 Å². The normalized spacial score (nSPS) is 17.0. The minimum Gasteiger partial charge on any atom is -0.351 e. The number of benzene rings is 2. The quantitative estimate of drug-likeness (QED) is 0.660. The first-order valence-corrected chi connectivity index (χ1v) is 9.83. The summed E-state index contributed by atoms with van der Waals surface area (Å²) in [6, 6.07) is 15.8. The number of hydrogen-bond acceptors (Lipinski definition) is 2. The van der Waals surface area contributed by atoms with E-state index in [1.807, 2.05) is 38.1 Å². The monoisotopic (exact) mass is 393 g/mol. The summed E-state index contributed by atoms with van der Waals surface area (Å²) in [5, 5.41) is 9.90. The number of amides is 1. The van der Waals surface area contributed by atoms with Crippen molar-refractivity contribution >= 4 is 28.9 Å². The van der Waals surface area contributed by atoms with Crippen molar-refractivity contribution in [3.63, 3.8) is 0 Å². The fourth-order valence-electron chi connectivity index (χ4n) is 3.32. The first kappa shape index (κ1) is 20.1. The molecule has 0 aromatic heterocycles. The molecule has 0 bridgehead atoms. The van der Waals surface area contributed by atoms with E-state index < -0.39 is 0 Å². The van der Waals surface area contributed by atoms with Crippen molar-refractivity contribution in [1.82, 2.24) is 10.6 Å². The SMILES string of the molecule is CC1=C(C(=O)Nc2ccccc2C)C(c2ccc(C(C)(C)C)cc2)NC(=S)N1. The second-order valence-electron chi connectivity index (χ2n) is 8.21. The van der Waals surface area contributed by atoms with E-state index in [0.29, 0.717) is 10.7 Å². The molecule has 2 aromatic rings. The Hall–Kier alpha value is -2.66. The Kier molecular flexibility index (Phi) is 5.57. The Balaban J connectivity index is 1.95. The molecule has 1 atom stereocenters. The Labute approximate surface area is 172 Å². The molecule has 3 N–H and O–H groups in total. The Bertz CT molecular complexity index is 939. The van der Waals surface area contributed by atoms with Crippen LogP contribution in [0.2, 0.25) is 0 Å². The molecule has 0 fully saturated rings. The average Bonchev–Trinajstić information content (AvgIpc) is 2.62. The number of aryl methyl sites for hydroxylation is 1. The second kappa shape index (κ2) is 7.76. The van der Waals surface area contributed by atoms with Crippen LogP contribution in [0.15, 0.2) is 59.8 Å². The van der Waals surface area contributed by atoms with Crippen LogP contribution < -0.4 is 16.0 Å². The van der Waals surface area contributed by atoms with Gasteiger partial charge in [-0.15, -0.1) is 0 Å². The van der Waals surface area contributed by atoms with Gasteiger partial charge in [0.05, 0.1) is 11.6 Å². The Morgan fingerprint density at radius 1 is 1.04 bits per heavy atom. The lowest BCUT2D eigenvalue weighted by Crippen LogP contribution is -2.45. The zero-order valence-electron chi connectivity index (χ0n) is 17.0. The summed E-state index contributed by atoms with van der Waals surface area (Å²) >= 11 is 5.35. The zero-order valence-corrected chi connectivity index (χ0v) is 17.8. The van der Waals surface area contributed by atoms with Crippen LogP contribution in [0.1, 0.15) is 50.4 Å². The standard InChI is InChI=1S/C23H27N3OS/c1-14-8-6-7-9-18(14)25-21(27)19-15(2)24-22(28)26-20(19)16-10-12-17(13-11-16)23(3,4)5/h6-13,20H,1-5H3,(H,25,27)(H2,24,26,28). The number of allylic oxidation sites excluding steroid dienone is 1. The van der Waals surface area contributed by atoms with Crippen LogP contribution in [0, 0.1) is 6.92 Å². The summed E-state index contributed by atoms with van der Waals surface area (Å²) in [6.45, 7) is 10.4. The smallest absolute Gasteiger partial charge is 0.255 e. The molecule has 3 rings (SSSR count). The van der Waals surface area contributed by atoms with Crippen molar-refractivity contribution in [3.05, 3.63) is 76.5 Å². The van der Waals surface area contributed by atoms with Gasteiger partial charge in [0, 0.05) is 11.4 Å². The van der Waals surface area contributed by atoms with Crippen LogP contribution in [0.5, 0.6) is 0 Å². The van der Waals surface area contributed by atoms with Gasteiger partial charge in [-0.25, -0.2) is 0 Å². The van der Waals surface area contributed by atoms with Crippen LogP contribution in [0.4, 0.5) is 5.69 Å². The largest absolute Gasteiger partial charge is 0.351 e. The highest BCUT2D eigenvalue weighted by Crippen LogP contribution is 2.30. The van der Waals surface area contributed by atoms with E-state index in [9.17, 15) is 4.79 Å². The highest BCUT2D eigenvalue weighted by molar-refractivity contribution is 7.80. The number of carbonyl (C=O) groups is 1. The molecule has 0 aliphatic carbocycles. The maximum atomic E-state index is 13.2. The average molecular weight is 394 g/mol. The van der Waals surface area contributed by atoms with Crippen LogP contribution in [-0.4, -0.2) is 11.0 Å². The maximum absolute atomic E-state index is 13.2. The van der Waals surface area contributed by atoms with Crippen molar-refractivity contribution in [1.29, 1.82) is 0 Å². The molecule has 4 nitrogen and oxygen atoms in total. The van der Waals surface area contributed by atoms with Crippen molar-refractivity contribution in [2.45, 2.75) is 46.1 Å². The van der Waals surface area contributed by atoms with Crippen molar-refractivity contribution < 1.29 is 4.79 Å². The Morgan fingerprint density at radius 2 is 1.68 bits per heavy atom. The lowest BCUT2D eigenvalue weighted by Gasteiger charge is -2.31. The highest BCUT2D eigenvalue weighted by atomic mass is 32.1. The van der Waals surface area contributed by atoms with Crippen molar-refractivity contribution in [3.8, 4) is 0 Å². The van der Waals surface area contributed by atoms with E-state index >= 15 is 0 Å². The third-order valence-electron chi connectivity index (χ3n) is 5.02. The van der Waals surface area contributed by atoms with Gasteiger partial charge in [0.2, 0.25) is 0 Å². The summed E-state index contributed by atoms with van der Waals surface area (Å²) in [7, 11) is 0. The summed E-state index contributed by atoms with van der Waals surface area (Å²) in [6.07, 6.45) is 0. The van der Waals surface area contributed by atoms with Crippen LogP contribution in [0.3, 0.4) is 0 Å². The third-order valence-corrected chi connectivity index (χ3v) is 5.24. The Morgan fingerprint density at radius 3 is 2.29 bits per heavy atom. The highest BCUT2D eigenvalue weighted by Gasteiger charge is 2.30. The lowest BCUT2D eigenvalue weighted by atomic mass is 9.85. The molecular weight excluding hydrogens is 366 g/mol. The van der Waals surface area contributed by atoms with Gasteiger partial charge < -0.3 is 16.0 Å². The van der Waals surface area contributed by atoms with E-state index in [1.165, 1.54) is 5.56 Å². The summed E-state index contributed by atoms with van der Waals surface area (Å²) < 4.78 is 0. The number of hydrogen-bond donors (Lipinski definition) is 3. The molecule has 2 aromatic carbocycles. The first-order valence-electron chi connectivity index (χ1n) is 9.42. The number of para-hydroxylation sites is 1. The van der Waals surface area contributed by atoms with Gasteiger partial charge in [-0.3, -0.25) is 4.79 Å². The molecule has 0 saturated carbocycles. The number of carbonyl (C=O) groups excluding carboxylic acids is 1. The minimum absolute atomic E-state index is 0.0756. The van der Waals surface area contributed by atoms with Gasteiger partial charge in [-0.05, 0) is 54.2 Å². The van der Waals surface area contributed by atoms with Gasteiger partial charge in [-0.1, -0.05) is 63.2 Å². The van der Waals surface area contributed by atoms with Crippen molar-refractivity contribution in [2.75, 3.05) is 5.32 Å². The van der Waals surface area contributed by atoms with Crippen LogP contribution in [-0.2, 0) is 10.2 Å². The molecule has 146 valence electrons. The zero-order chi connectivity index (χ0) is 20.5. The van der Waals surface area contributed by atoms with E-state index in [0.717, 1.165) is 22.5 Å². The van der Waals surface area contributed by atoms with E-state index in [4.69, 9.17) is 12.2 Å². The molecule has 1 heterocycles. The molecule has 28 heavy (non-hydrogen) atoms. The predicted octanol–water partition coefficient (Wildman–Crippen LogP) is 4.72.